The Labute approximate surface area is 210 Å². The first-order valence-electron chi connectivity index (χ1n) is 12.6. The molecular formula is C23H40N8O5. The minimum absolute atomic E-state index is 0.0698. The number of hydrogen-bond acceptors (Lipinski definition) is 8. The predicted octanol–water partition coefficient (Wildman–Crippen LogP) is -1.50. The normalized spacial score (nSPS) is 17.7. The van der Waals surface area contributed by atoms with Crippen LogP contribution in [0.2, 0.25) is 0 Å². The lowest BCUT2D eigenvalue weighted by Gasteiger charge is -2.25. The van der Waals surface area contributed by atoms with Crippen LogP contribution in [0.3, 0.4) is 0 Å². The highest BCUT2D eigenvalue weighted by Crippen LogP contribution is 2.09. The Morgan fingerprint density at radius 1 is 0.972 bits per heavy atom. The van der Waals surface area contributed by atoms with E-state index in [-0.39, 0.29) is 24.8 Å². The number of carbonyl (C=O) groups is 4. The number of rotatable bonds is 17. The van der Waals surface area contributed by atoms with Gasteiger partial charge in [-0.2, -0.15) is 0 Å². The molecule has 0 aliphatic carbocycles. The molecule has 3 amide bonds. The van der Waals surface area contributed by atoms with Crippen molar-refractivity contribution in [1.29, 1.82) is 0 Å². The van der Waals surface area contributed by atoms with Crippen molar-refractivity contribution < 1.29 is 24.3 Å². The third kappa shape index (κ3) is 9.91. The smallest absolute Gasteiger partial charge is 0.326 e. The van der Waals surface area contributed by atoms with Gasteiger partial charge < -0.3 is 42.8 Å². The highest BCUT2D eigenvalue weighted by Gasteiger charge is 2.31. The van der Waals surface area contributed by atoms with E-state index in [0.29, 0.717) is 57.3 Å². The third-order valence-electron chi connectivity index (χ3n) is 6.13. The van der Waals surface area contributed by atoms with Gasteiger partial charge in [0, 0.05) is 18.3 Å². The van der Waals surface area contributed by atoms with E-state index in [1.54, 1.807) is 0 Å². The largest absolute Gasteiger partial charge is 0.480 e. The van der Waals surface area contributed by atoms with Crippen LogP contribution in [0.5, 0.6) is 0 Å². The van der Waals surface area contributed by atoms with Gasteiger partial charge in [-0.3, -0.25) is 14.4 Å². The van der Waals surface area contributed by atoms with Crippen LogP contribution in [-0.2, 0) is 25.6 Å². The highest BCUT2D eigenvalue weighted by atomic mass is 16.4. The second-order valence-electron chi connectivity index (χ2n) is 9.02. The molecule has 1 aromatic heterocycles. The molecule has 2 rings (SSSR count). The van der Waals surface area contributed by atoms with Crippen molar-refractivity contribution in [3.8, 4) is 0 Å². The van der Waals surface area contributed by atoms with Crippen LogP contribution in [0.1, 0.15) is 57.1 Å². The van der Waals surface area contributed by atoms with Crippen molar-refractivity contribution in [2.24, 2.45) is 11.5 Å². The zero-order valence-electron chi connectivity index (χ0n) is 20.6. The molecule has 202 valence electrons. The van der Waals surface area contributed by atoms with Crippen molar-refractivity contribution in [3.05, 3.63) is 18.2 Å². The molecule has 10 N–H and O–H groups in total. The van der Waals surface area contributed by atoms with E-state index in [1.807, 2.05) is 0 Å². The molecular weight excluding hydrogens is 468 g/mol. The first-order valence-corrected chi connectivity index (χ1v) is 12.6. The molecule has 0 radical (unpaired) electrons. The summed E-state index contributed by atoms with van der Waals surface area (Å²) >= 11 is 0. The van der Waals surface area contributed by atoms with Crippen molar-refractivity contribution in [2.75, 3.05) is 19.6 Å². The molecule has 1 aromatic rings. The van der Waals surface area contributed by atoms with Gasteiger partial charge in [-0.1, -0.05) is 0 Å². The van der Waals surface area contributed by atoms with Gasteiger partial charge in [-0.25, -0.2) is 9.78 Å². The number of nitrogens with one attached hydrogen (secondary N) is 5. The summed E-state index contributed by atoms with van der Waals surface area (Å²) < 4.78 is 0. The number of hydrogen-bond donors (Lipinski definition) is 8. The number of nitrogens with two attached hydrogens (primary N) is 2. The average Bonchev–Trinajstić information content (AvgIpc) is 3.57. The van der Waals surface area contributed by atoms with Crippen LogP contribution in [0.4, 0.5) is 0 Å². The van der Waals surface area contributed by atoms with Crippen molar-refractivity contribution in [2.45, 2.75) is 82.0 Å². The van der Waals surface area contributed by atoms with E-state index in [0.717, 1.165) is 13.0 Å². The van der Waals surface area contributed by atoms with Crippen LogP contribution >= 0.6 is 0 Å². The summed E-state index contributed by atoms with van der Waals surface area (Å²) in [5.41, 5.74) is 11.7. The highest BCUT2D eigenvalue weighted by molar-refractivity contribution is 5.94. The Balaban J connectivity index is 2.12. The Kier molecular flexibility index (Phi) is 12.9. The average molecular weight is 509 g/mol. The number of aromatic nitrogens is 2. The Hall–Kier alpha value is -3.03. The summed E-state index contributed by atoms with van der Waals surface area (Å²) in [6.45, 7) is 1.62. The van der Waals surface area contributed by atoms with Crippen molar-refractivity contribution in [3.63, 3.8) is 0 Å². The van der Waals surface area contributed by atoms with Gasteiger partial charge in [0.15, 0.2) is 0 Å². The van der Waals surface area contributed by atoms with E-state index in [2.05, 4.69) is 31.2 Å². The predicted molar refractivity (Wildman–Crippen MR) is 133 cm³/mol. The van der Waals surface area contributed by atoms with Crippen LogP contribution in [0, 0.1) is 0 Å². The number of carboxylic acids is 1. The van der Waals surface area contributed by atoms with E-state index in [1.165, 1.54) is 12.5 Å². The number of aliphatic carboxylic acids is 1. The van der Waals surface area contributed by atoms with Crippen molar-refractivity contribution >= 4 is 23.7 Å². The quantitative estimate of drug-likeness (QED) is 0.115. The molecule has 1 saturated heterocycles. The van der Waals surface area contributed by atoms with E-state index in [9.17, 15) is 24.3 Å². The molecule has 13 nitrogen and oxygen atoms in total. The van der Waals surface area contributed by atoms with Gasteiger partial charge in [-0.15, -0.1) is 0 Å². The molecule has 1 fully saturated rings. The summed E-state index contributed by atoms with van der Waals surface area (Å²) in [4.78, 5) is 57.5. The van der Waals surface area contributed by atoms with Crippen LogP contribution in [0.25, 0.3) is 0 Å². The first kappa shape index (κ1) is 29.2. The molecule has 2 heterocycles. The van der Waals surface area contributed by atoms with Gasteiger partial charge in [0.2, 0.25) is 17.7 Å². The Morgan fingerprint density at radius 2 is 1.61 bits per heavy atom. The first-order chi connectivity index (χ1) is 17.3. The summed E-state index contributed by atoms with van der Waals surface area (Å²) in [5.74, 6) is -2.58. The number of unbranched alkanes of at least 4 members (excludes halogenated alkanes) is 2. The summed E-state index contributed by atoms with van der Waals surface area (Å²) in [6, 6.07) is -3.40. The fraction of sp³-hybridized carbons (Fsp3) is 0.696. The fourth-order valence-corrected chi connectivity index (χ4v) is 4.06. The summed E-state index contributed by atoms with van der Waals surface area (Å²) in [6.07, 6.45) is 7.66. The fourth-order valence-electron chi connectivity index (χ4n) is 4.06. The van der Waals surface area contributed by atoms with Crippen LogP contribution in [-0.4, -0.2) is 82.6 Å². The van der Waals surface area contributed by atoms with Crippen LogP contribution < -0.4 is 32.7 Å². The topological polar surface area (TPSA) is 217 Å². The molecule has 36 heavy (non-hydrogen) atoms. The minimum Gasteiger partial charge on any atom is -0.480 e. The van der Waals surface area contributed by atoms with Gasteiger partial charge in [0.1, 0.15) is 18.1 Å². The number of H-pyrrole nitrogens is 1. The van der Waals surface area contributed by atoms with Crippen LogP contribution in [0.15, 0.2) is 12.5 Å². The second-order valence-corrected chi connectivity index (χ2v) is 9.02. The maximum Gasteiger partial charge on any atom is 0.326 e. The molecule has 4 atom stereocenters. The molecule has 13 heteroatoms. The third-order valence-corrected chi connectivity index (χ3v) is 6.13. The molecule has 0 spiro atoms. The lowest BCUT2D eigenvalue weighted by Crippen LogP contribution is -2.57. The number of nitrogens with zero attached hydrogens (tertiary/aromatic N) is 1. The number of carboxylic acid groups (broad SMARTS) is 1. The van der Waals surface area contributed by atoms with E-state index >= 15 is 0 Å². The monoisotopic (exact) mass is 508 g/mol. The molecule has 4 unspecified atom stereocenters. The number of amides is 3. The number of aromatic amines is 1. The maximum absolute atomic E-state index is 13.2. The SMILES string of the molecule is NCCCCC(NC(=O)C(Cc1cnc[nH]1)NC(=O)C(CCCCN)NC(=O)C1CCCN1)C(=O)O. The second kappa shape index (κ2) is 15.9. The Morgan fingerprint density at radius 3 is 2.17 bits per heavy atom. The molecule has 0 aromatic carbocycles. The standard InChI is InChI=1S/C23H40N8O5/c24-9-3-1-6-17(29-20(32)16-8-5-11-27-16)21(33)31-19(12-15-13-26-14-28-15)22(34)30-18(23(35)36)7-2-4-10-25/h13-14,16-19,27H,1-12,24-25H2,(H,26,28)(H,29,32)(H,30,34)(H,31,33)(H,35,36). The zero-order chi connectivity index (χ0) is 26.3. The minimum atomic E-state index is -1.16. The van der Waals surface area contributed by atoms with Crippen molar-refractivity contribution in [1.82, 2.24) is 31.2 Å². The molecule has 1 aliphatic rings. The molecule has 0 bridgehead atoms. The van der Waals surface area contributed by atoms with Gasteiger partial charge in [0.25, 0.3) is 0 Å². The summed E-state index contributed by atoms with van der Waals surface area (Å²) in [7, 11) is 0. The van der Waals surface area contributed by atoms with Gasteiger partial charge in [-0.05, 0) is 71.0 Å². The van der Waals surface area contributed by atoms with E-state index < -0.39 is 35.9 Å². The Bertz CT molecular complexity index is 828. The maximum atomic E-state index is 13.2. The summed E-state index contributed by atoms with van der Waals surface area (Å²) in [5, 5.41) is 20.7. The van der Waals surface area contributed by atoms with Gasteiger partial charge >= 0.3 is 5.97 Å². The number of carbonyl (C=O) groups excluding carboxylic acids is 3. The van der Waals surface area contributed by atoms with Gasteiger partial charge in [0.05, 0.1) is 12.4 Å². The van der Waals surface area contributed by atoms with E-state index in [4.69, 9.17) is 11.5 Å². The molecule has 1 aliphatic heterocycles. The zero-order valence-corrected chi connectivity index (χ0v) is 20.6. The molecule has 0 saturated carbocycles. The lowest BCUT2D eigenvalue weighted by atomic mass is 10.0. The lowest BCUT2D eigenvalue weighted by molar-refractivity contribution is -0.142. The number of imidazole rings is 1.